The molecule has 0 radical (unpaired) electrons. The van der Waals surface area contributed by atoms with Gasteiger partial charge in [0.2, 0.25) is 0 Å². The van der Waals surface area contributed by atoms with Gasteiger partial charge in [0.05, 0.1) is 39.4 Å². The molecule has 8 heteroatoms. The van der Waals surface area contributed by atoms with E-state index in [-0.39, 0.29) is 18.3 Å². The molecule has 0 N–H and O–H groups in total. The smallest absolute Gasteiger partial charge is 0.306 e. The molecule has 0 aliphatic rings. The minimum Gasteiger partial charge on any atom is -0.497 e. The molecule has 0 spiro atoms. The first-order valence-electron chi connectivity index (χ1n) is 11.6. The zero-order valence-electron chi connectivity index (χ0n) is 20.8. The number of ether oxygens (including phenoxy) is 3. The SMILES string of the molecule is CCn1nnc2c(C)c([C@@H](CC(=O)OC)c3cc(COCc4ccc(OC)cc4)c(C)s3)ccc21. The molecule has 0 bridgehead atoms. The molecule has 0 amide bonds. The summed E-state index contributed by atoms with van der Waals surface area (Å²) >= 11 is 1.70. The molecular weight excluding hydrogens is 462 g/mol. The molecule has 0 unspecified atom stereocenters. The van der Waals surface area contributed by atoms with Crippen molar-refractivity contribution < 1.29 is 19.0 Å². The van der Waals surface area contributed by atoms with Crippen molar-refractivity contribution in [3.63, 3.8) is 0 Å². The summed E-state index contributed by atoms with van der Waals surface area (Å²) in [5, 5.41) is 8.67. The molecule has 2 aromatic carbocycles. The number of hydrogen-bond acceptors (Lipinski definition) is 7. The van der Waals surface area contributed by atoms with Gasteiger partial charge in [-0.3, -0.25) is 4.79 Å². The Kier molecular flexibility index (Phi) is 7.83. The largest absolute Gasteiger partial charge is 0.497 e. The van der Waals surface area contributed by atoms with Crippen LogP contribution < -0.4 is 4.74 Å². The summed E-state index contributed by atoms with van der Waals surface area (Å²) in [5.41, 5.74) is 6.20. The van der Waals surface area contributed by atoms with Gasteiger partial charge in [-0.1, -0.05) is 23.4 Å². The minimum atomic E-state index is -0.241. The zero-order chi connectivity index (χ0) is 24.9. The summed E-state index contributed by atoms with van der Waals surface area (Å²) in [4.78, 5) is 14.7. The molecule has 184 valence electrons. The van der Waals surface area contributed by atoms with Crippen LogP contribution in [0.15, 0.2) is 42.5 Å². The van der Waals surface area contributed by atoms with E-state index < -0.39 is 0 Å². The fraction of sp³-hybridized carbons (Fsp3) is 0.370. The van der Waals surface area contributed by atoms with Crippen molar-refractivity contribution in [3.05, 3.63) is 74.5 Å². The van der Waals surface area contributed by atoms with Crippen LogP contribution in [0.4, 0.5) is 0 Å². The zero-order valence-corrected chi connectivity index (χ0v) is 21.6. The van der Waals surface area contributed by atoms with Crippen LogP contribution in [-0.2, 0) is 34.0 Å². The molecule has 7 nitrogen and oxygen atoms in total. The number of nitrogens with zero attached hydrogens (tertiary/aromatic N) is 3. The monoisotopic (exact) mass is 493 g/mol. The highest BCUT2D eigenvalue weighted by Gasteiger charge is 2.25. The van der Waals surface area contributed by atoms with Crippen molar-refractivity contribution >= 4 is 28.3 Å². The number of carbonyl (C=O) groups excluding carboxylic acids is 1. The van der Waals surface area contributed by atoms with Crippen LogP contribution in [0.3, 0.4) is 0 Å². The number of aryl methyl sites for hydroxylation is 3. The second kappa shape index (κ2) is 11.0. The van der Waals surface area contributed by atoms with Gasteiger partial charge >= 0.3 is 5.97 Å². The second-order valence-electron chi connectivity index (χ2n) is 8.46. The average molecular weight is 494 g/mol. The van der Waals surface area contributed by atoms with E-state index in [0.29, 0.717) is 13.2 Å². The van der Waals surface area contributed by atoms with Crippen LogP contribution in [0, 0.1) is 13.8 Å². The minimum absolute atomic E-state index is 0.127. The van der Waals surface area contributed by atoms with Gasteiger partial charge in [-0.2, -0.15) is 0 Å². The van der Waals surface area contributed by atoms with E-state index in [2.05, 4.69) is 36.3 Å². The molecule has 1 atom stereocenters. The number of rotatable bonds is 10. The third-order valence-electron chi connectivity index (χ3n) is 6.32. The predicted octanol–water partition coefficient (Wildman–Crippen LogP) is 5.55. The Morgan fingerprint density at radius 2 is 1.86 bits per heavy atom. The number of hydrogen-bond donors (Lipinski definition) is 0. The van der Waals surface area contributed by atoms with Gasteiger partial charge in [0, 0.05) is 22.2 Å². The number of thiophene rings is 1. The summed E-state index contributed by atoms with van der Waals surface area (Å²) in [7, 11) is 3.09. The molecule has 2 heterocycles. The molecular formula is C27H31N3O4S. The third-order valence-corrected chi connectivity index (χ3v) is 7.53. The van der Waals surface area contributed by atoms with E-state index in [0.717, 1.165) is 50.5 Å². The molecule has 0 saturated heterocycles. The first-order valence-corrected chi connectivity index (χ1v) is 12.5. The average Bonchev–Trinajstić information content (AvgIpc) is 3.47. The maximum atomic E-state index is 12.4. The maximum absolute atomic E-state index is 12.4. The number of methoxy groups -OCH3 is 2. The van der Waals surface area contributed by atoms with Crippen LogP contribution in [0.5, 0.6) is 5.75 Å². The summed E-state index contributed by atoms with van der Waals surface area (Å²) < 4.78 is 18.1. The van der Waals surface area contributed by atoms with Gasteiger partial charge in [-0.05, 0) is 67.3 Å². The number of carbonyl (C=O) groups is 1. The lowest BCUT2D eigenvalue weighted by Crippen LogP contribution is -2.10. The van der Waals surface area contributed by atoms with Crippen molar-refractivity contribution in [2.75, 3.05) is 14.2 Å². The van der Waals surface area contributed by atoms with E-state index in [1.54, 1.807) is 18.4 Å². The lowest BCUT2D eigenvalue weighted by Gasteiger charge is -2.17. The highest BCUT2D eigenvalue weighted by atomic mass is 32.1. The topological polar surface area (TPSA) is 75.5 Å². The Morgan fingerprint density at radius 1 is 1.09 bits per heavy atom. The van der Waals surface area contributed by atoms with Crippen molar-refractivity contribution in [1.29, 1.82) is 0 Å². The Hall–Kier alpha value is -3.23. The summed E-state index contributed by atoms with van der Waals surface area (Å²) in [6.07, 6.45) is 0.261. The number of benzene rings is 2. The van der Waals surface area contributed by atoms with Gasteiger partial charge in [0.1, 0.15) is 11.3 Å². The van der Waals surface area contributed by atoms with Crippen molar-refractivity contribution in [3.8, 4) is 5.75 Å². The Labute approximate surface area is 209 Å². The van der Waals surface area contributed by atoms with Crippen LogP contribution in [0.1, 0.15) is 51.3 Å². The van der Waals surface area contributed by atoms with Crippen LogP contribution >= 0.6 is 11.3 Å². The fourth-order valence-corrected chi connectivity index (χ4v) is 5.42. The second-order valence-corrected chi connectivity index (χ2v) is 9.74. The Morgan fingerprint density at radius 3 is 2.54 bits per heavy atom. The standard InChI is InChI=1S/C27H31N3O4S/c1-6-30-24-12-11-22(17(2)27(24)28-29-30)23(14-26(31)33-5)25-13-20(18(3)35-25)16-34-15-19-7-9-21(32-4)10-8-19/h7-13,23H,6,14-16H2,1-5H3/t23-/m1/s1. The lowest BCUT2D eigenvalue weighted by molar-refractivity contribution is -0.140. The summed E-state index contributed by atoms with van der Waals surface area (Å²) in [6.45, 7) is 7.97. The van der Waals surface area contributed by atoms with Crippen molar-refractivity contribution in [1.82, 2.24) is 15.0 Å². The van der Waals surface area contributed by atoms with Gasteiger partial charge in [-0.15, -0.1) is 16.4 Å². The van der Waals surface area contributed by atoms with Gasteiger partial charge in [0.15, 0.2) is 0 Å². The highest BCUT2D eigenvalue weighted by molar-refractivity contribution is 7.12. The van der Waals surface area contributed by atoms with Crippen LogP contribution in [0.25, 0.3) is 11.0 Å². The van der Waals surface area contributed by atoms with E-state index >= 15 is 0 Å². The van der Waals surface area contributed by atoms with Crippen LogP contribution in [0.2, 0.25) is 0 Å². The molecule has 35 heavy (non-hydrogen) atoms. The van der Waals surface area contributed by atoms with Crippen molar-refractivity contribution in [2.24, 2.45) is 0 Å². The van der Waals surface area contributed by atoms with Crippen LogP contribution in [-0.4, -0.2) is 35.2 Å². The molecule has 0 aliphatic carbocycles. The number of aromatic nitrogens is 3. The van der Waals surface area contributed by atoms with E-state index in [1.165, 1.54) is 12.0 Å². The first kappa shape index (κ1) is 24.9. The highest BCUT2D eigenvalue weighted by Crippen LogP contribution is 2.38. The Bertz CT molecular complexity index is 1310. The summed E-state index contributed by atoms with van der Waals surface area (Å²) in [6, 6.07) is 14.2. The first-order chi connectivity index (χ1) is 16.9. The van der Waals surface area contributed by atoms with E-state index in [1.807, 2.05) is 41.9 Å². The molecule has 4 aromatic rings. The third kappa shape index (κ3) is 5.39. The Balaban J connectivity index is 1.58. The maximum Gasteiger partial charge on any atom is 0.306 e. The summed E-state index contributed by atoms with van der Waals surface area (Å²) in [5.74, 6) is 0.460. The van der Waals surface area contributed by atoms with E-state index in [9.17, 15) is 4.79 Å². The van der Waals surface area contributed by atoms with Crippen molar-refractivity contribution in [2.45, 2.75) is 52.9 Å². The van der Waals surface area contributed by atoms with Gasteiger partial charge < -0.3 is 14.2 Å². The van der Waals surface area contributed by atoms with E-state index in [4.69, 9.17) is 14.2 Å². The number of esters is 1. The molecule has 0 fully saturated rings. The molecule has 0 saturated carbocycles. The fourth-order valence-electron chi connectivity index (χ4n) is 4.27. The molecule has 4 rings (SSSR count). The number of fused-ring (bicyclic) bond motifs is 1. The van der Waals surface area contributed by atoms with Gasteiger partial charge in [-0.25, -0.2) is 4.68 Å². The quantitative estimate of drug-likeness (QED) is 0.270. The van der Waals surface area contributed by atoms with Gasteiger partial charge in [0.25, 0.3) is 0 Å². The molecule has 2 aromatic heterocycles. The molecule has 0 aliphatic heterocycles. The predicted molar refractivity (Wildman–Crippen MR) is 137 cm³/mol. The normalized spacial score (nSPS) is 12.1. The lowest BCUT2D eigenvalue weighted by atomic mass is 9.89.